The molecule has 1 aliphatic rings. The molecule has 0 radical (unpaired) electrons. The molecule has 3 aromatic rings. The molecular formula is C32H40F3N7O4. The van der Waals surface area contributed by atoms with Crippen molar-refractivity contribution in [2.45, 2.75) is 57.5 Å². The Labute approximate surface area is 266 Å². The first-order valence-corrected chi connectivity index (χ1v) is 14.8. The minimum absolute atomic E-state index is 0.0567. The molecule has 1 aromatic carbocycles. The first-order valence-electron chi connectivity index (χ1n) is 14.8. The number of anilines is 2. The molecule has 1 atom stereocenters. The molecule has 0 aliphatic carbocycles. The fourth-order valence-electron chi connectivity index (χ4n) is 5.06. The minimum Gasteiger partial charge on any atom is -0.495 e. The molecule has 248 valence electrons. The number of alkyl halides is 3. The molecule has 1 fully saturated rings. The number of pyridine rings is 1. The standard InChI is InChI=1S/C32H40F3N7O4/c1-31(2,3)46-30(44)40-23-17-24(27(32(33,34)35)38-21-11-14-41(5)15-12-21)28-39-22(18-42(28)19-23)8-7-13-37-25-10-9-20(29(43)36-4)16-26(25)45-6/h9-10,16-19,21,27,37-38H,11-15H2,1-6H3,(H,36,43)(H,40,44). The first-order chi connectivity index (χ1) is 21.7. The molecule has 11 nitrogen and oxygen atoms in total. The van der Waals surface area contributed by atoms with Crippen LogP contribution in [0.5, 0.6) is 5.75 Å². The number of imidazole rings is 1. The van der Waals surface area contributed by atoms with Gasteiger partial charge >= 0.3 is 12.3 Å². The number of carbonyl (C=O) groups is 2. The number of aromatic nitrogens is 2. The summed E-state index contributed by atoms with van der Waals surface area (Å²) >= 11 is 0. The fourth-order valence-corrected chi connectivity index (χ4v) is 5.06. The molecule has 1 unspecified atom stereocenters. The van der Waals surface area contributed by atoms with E-state index in [9.17, 15) is 22.8 Å². The zero-order chi connectivity index (χ0) is 33.6. The van der Waals surface area contributed by atoms with Crippen molar-refractivity contribution in [1.82, 2.24) is 24.9 Å². The first kappa shape index (κ1) is 34.4. The van der Waals surface area contributed by atoms with Crippen molar-refractivity contribution in [2.24, 2.45) is 0 Å². The van der Waals surface area contributed by atoms with Crippen molar-refractivity contribution in [2.75, 3.05) is 51.5 Å². The number of amides is 2. The third-order valence-corrected chi connectivity index (χ3v) is 7.26. The smallest absolute Gasteiger partial charge is 0.412 e. The Morgan fingerprint density at radius 1 is 1.13 bits per heavy atom. The van der Waals surface area contributed by atoms with Gasteiger partial charge in [-0.05, 0) is 83.9 Å². The number of piperidine rings is 1. The molecule has 46 heavy (non-hydrogen) atoms. The average Bonchev–Trinajstić information content (AvgIpc) is 3.39. The molecule has 2 aromatic heterocycles. The molecule has 2 amide bonds. The van der Waals surface area contributed by atoms with E-state index in [2.05, 4.69) is 43.0 Å². The van der Waals surface area contributed by atoms with Crippen molar-refractivity contribution in [3.63, 3.8) is 0 Å². The Balaban J connectivity index is 1.64. The Hall–Kier alpha value is -4.48. The molecule has 4 N–H and O–H groups in total. The molecule has 0 saturated carbocycles. The summed E-state index contributed by atoms with van der Waals surface area (Å²) in [6.07, 6.45) is -1.34. The van der Waals surface area contributed by atoms with Crippen molar-refractivity contribution in [3.05, 3.63) is 53.5 Å². The maximum atomic E-state index is 14.7. The van der Waals surface area contributed by atoms with Gasteiger partial charge in [-0.15, -0.1) is 0 Å². The Kier molecular flexibility index (Phi) is 10.7. The summed E-state index contributed by atoms with van der Waals surface area (Å²) in [5.41, 5.74) is 0.491. The van der Waals surface area contributed by atoms with Gasteiger partial charge in [0, 0.05) is 36.6 Å². The second-order valence-corrected chi connectivity index (χ2v) is 12.0. The SMILES string of the molecule is CNC(=O)c1ccc(NCC#Cc2cn3cc(NC(=O)OC(C)(C)C)cc(C(NC4CCN(C)CC4)C(F)(F)F)c3n2)c(OC)c1. The molecule has 1 saturated heterocycles. The Morgan fingerprint density at radius 2 is 1.85 bits per heavy atom. The lowest BCUT2D eigenvalue weighted by molar-refractivity contribution is -0.160. The van der Waals surface area contributed by atoms with E-state index in [1.807, 2.05) is 7.05 Å². The van der Waals surface area contributed by atoms with E-state index in [0.29, 0.717) is 42.9 Å². The van der Waals surface area contributed by atoms with Gasteiger partial charge in [0.05, 0.1) is 25.0 Å². The van der Waals surface area contributed by atoms with Gasteiger partial charge in [-0.2, -0.15) is 13.2 Å². The van der Waals surface area contributed by atoms with Crippen molar-refractivity contribution < 1.29 is 32.2 Å². The number of methoxy groups -OCH3 is 1. The quantitative estimate of drug-likeness (QED) is 0.259. The molecule has 4 rings (SSSR count). The number of fused-ring (bicyclic) bond motifs is 1. The number of likely N-dealkylation sites (tertiary alicyclic amines) is 1. The minimum atomic E-state index is -4.65. The highest BCUT2D eigenvalue weighted by atomic mass is 19.4. The maximum absolute atomic E-state index is 14.7. The third-order valence-electron chi connectivity index (χ3n) is 7.26. The highest BCUT2D eigenvalue weighted by Gasteiger charge is 2.43. The van der Waals surface area contributed by atoms with E-state index in [0.717, 1.165) is 0 Å². The number of halogens is 3. The average molecular weight is 644 g/mol. The number of nitrogens with one attached hydrogen (secondary N) is 4. The van der Waals surface area contributed by atoms with Crippen LogP contribution in [0.3, 0.4) is 0 Å². The predicted octanol–water partition coefficient (Wildman–Crippen LogP) is 4.80. The summed E-state index contributed by atoms with van der Waals surface area (Å²) < 4.78 is 56.1. The summed E-state index contributed by atoms with van der Waals surface area (Å²) in [5.74, 6) is 6.01. The van der Waals surface area contributed by atoms with Gasteiger partial charge in [0.2, 0.25) is 0 Å². The van der Waals surface area contributed by atoms with Gasteiger partial charge in [-0.1, -0.05) is 5.92 Å². The second-order valence-electron chi connectivity index (χ2n) is 12.0. The second kappa shape index (κ2) is 14.3. The molecule has 3 heterocycles. The van der Waals surface area contributed by atoms with Gasteiger partial charge in [0.25, 0.3) is 5.91 Å². The number of rotatable bonds is 8. The van der Waals surface area contributed by atoms with Crippen LogP contribution in [-0.4, -0.2) is 84.9 Å². The lowest BCUT2D eigenvalue weighted by Crippen LogP contribution is -2.46. The van der Waals surface area contributed by atoms with Crippen LogP contribution >= 0.6 is 0 Å². The molecular weight excluding hydrogens is 603 g/mol. The van der Waals surface area contributed by atoms with Crippen LogP contribution < -0.4 is 26.0 Å². The Morgan fingerprint density at radius 3 is 2.48 bits per heavy atom. The number of hydrogen-bond acceptors (Lipinski definition) is 8. The van der Waals surface area contributed by atoms with Crippen LogP contribution in [-0.2, 0) is 4.74 Å². The van der Waals surface area contributed by atoms with Crippen molar-refractivity contribution >= 4 is 29.0 Å². The zero-order valence-corrected chi connectivity index (χ0v) is 26.8. The monoisotopic (exact) mass is 643 g/mol. The summed E-state index contributed by atoms with van der Waals surface area (Å²) in [6.45, 7) is 6.59. The normalized spacial score (nSPS) is 15.1. The summed E-state index contributed by atoms with van der Waals surface area (Å²) in [7, 11) is 4.96. The summed E-state index contributed by atoms with van der Waals surface area (Å²) in [5, 5.41) is 11.0. The number of ether oxygens (including phenoxy) is 2. The summed E-state index contributed by atoms with van der Waals surface area (Å²) in [6, 6.07) is 3.81. The largest absolute Gasteiger partial charge is 0.495 e. The van der Waals surface area contributed by atoms with E-state index in [1.54, 1.807) is 39.0 Å². The molecule has 1 aliphatic heterocycles. The third kappa shape index (κ3) is 9.04. The fraction of sp³-hybridized carbons (Fsp3) is 0.469. The number of benzene rings is 1. The van der Waals surface area contributed by atoms with Crippen LogP contribution in [0.15, 0.2) is 36.7 Å². The zero-order valence-electron chi connectivity index (χ0n) is 26.8. The van der Waals surface area contributed by atoms with E-state index in [-0.39, 0.29) is 41.1 Å². The van der Waals surface area contributed by atoms with Gasteiger partial charge in [-0.3, -0.25) is 15.4 Å². The van der Waals surface area contributed by atoms with Crippen molar-refractivity contribution in [3.8, 4) is 17.6 Å². The lowest BCUT2D eigenvalue weighted by atomic mass is 10.0. The number of carbonyl (C=O) groups excluding carboxylic acids is 2. The van der Waals surface area contributed by atoms with Gasteiger partial charge in [-0.25, -0.2) is 9.78 Å². The highest BCUT2D eigenvalue weighted by Crippen LogP contribution is 2.37. The van der Waals surface area contributed by atoms with Crippen LogP contribution in [0.4, 0.5) is 29.3 Å². The van der Waals surface area contributed by atoms with Crippen LogP contribution in [0.25, 0.3) is 5.65 Å². The summed E-state index contributed by atoms with van der Waals surface area (Å²) in [4.78, 5) is 31.0. The Bertz CT molecular complexity index is 1610. The molecule has 0 spiro atoms. The van der Waals surface area contributed by atoms with Gasteiger partial charge in [0.15, 0.2) is 0 Å². The van der Waals surface area contributed by atoms with E-state index >= 15 is 0 Å². The van der Waals surface area contributed by atoms with E-state index < -0.39 is 23.9 Å². The van der Waals surface area contributed by atoms with Gasteiger partial charge < -0.3 is 29.4 Å². The highest BCUT2D eigenvalue weighted by molar-refractivity contribution is 5.95. The number of nitrogens with zero attached hydrogens (tertiary/aromatic N) is 3. The van der Waals surface area contributed by atoms with Crippen LogP contribution in [0.1, 0.15) is 61.3 Å². The van der Waals surface area contributed by atoms with Gasteiger partial charge in [0.1, 0.15) is 28.7 Å². The predicted molar refractivity (Wildman–Crippen MR) is 169 cm³/mol. The maximum Gasteiger partial charge on any atom is 0.412 e. The van der Waals surface area contributed by atoms with E-state index in [1.165, 1.54) is 37.0 Å². The van der Waals surface area contributed by atoms with Crippen LogP contribution in [0.2, 0.25) is 0 Å². The molecule has 14 heteroatoms. The van der Waals surface area contributed by atoms with Crippen LogP contribution in [0, 0.1) is 11.8 Å². The topological polar surface area (TPSA) is 121 Å². The van der Waals surface area contributed by atoms with Crippen molar-refractivity contribution in [1.29, 1.82) is 0 Å². The van der Waals surface area contributed by atoms with E-state index in [4.69, 9.17) is 9.47 Å². The molecule has 0 bridgehead atoms. The number of hydrogen-bond donors (Lipinski definition) is 4. The lowest BCUT2D eigenvalue weighted by Gasteiger charge is -2.33.